The third-order valence-electron chi connectivity index (χ3n) is 1.19. The molecule has 0 bridgehead atoms. The molecule has 0 unspecified atom stereocenters. The molecule has 0 aliphatic rings. The quantitative estimate of drug-likeness (QED) is 0.796. The molecule has 2 N–H and O–H groups in total. The number of benzene rings is 1. The van der Waals surface area contributed by atoms with Crippen LogP contribution in [0.3, 0.4) is 0 Å². The highest BCUT2D eigenvalue weighted by molar-refractivity contribution is 9.10. The number of carbonyl (C=O) groups excluding carboxylic acids is 1. The van der Waals surface area contributed by atoms with E-state index < -0.39 is 11.9 Å². The maximum Gasteiger partial charge on any atom is 0.410 e. The number of rotatable bonds is 1. The van der Waals surface area contributed by atoms with Gasteiger partial charge >= 0.3 is 6.09 Å². The zero-order valence-corrected chi connectivity index (χ0v) is 8.52. The van der Waals surface area contributed by atoms with Crippen LogP contribution in [0.5, 0.6) is 5.75 Å². The lowest BCUT2D eigenvalue weighted by atomic mass is 10.3. The third kappa shape index (κ3) is 2.57. The molecular formula is C7H4BrClFNO2. The van der Waals surface area contributed by atoms with Gasteiger partial charge in [0.05, 0.1) is 5.02 Å². The molecule has 70 valence electrons. The Morgan fingerprint density at radius 3 is 2.77 bits per heavy atom. The van der Waals surface area contributed by atoms with E-state index in [1.165, 1.54) is 6.07 Å². The minimum absolute atomic E-state index is 0.189. The molecule has 1 amide bonds. The molecule has 0 aliphatic carbocycles. The minimum Gasteiger partial charge on any atom is -0.407 e. The summed E-state index contributed by atoms with van der Waals surface area (Å²) in [7, 11) is 0. The maximum atomic E-state index is 13.0. The Morgan fingerprint density at radius 1 is 1.62 bits per heavy atom. The number of carbonyl (C=O) groups is 1. The predicted molar refractivity (Wildman–Crippen MR) is 49.3 cm³/mol. The van der Waals surface area contributed by atoms with Gasteiger partial charge in [-0.15, -0.1) is 0 Å². The number of ether oxygens (including phenoxy) is 1. The number of nitrogens with two attached hydrogens (primary N) is 1. The Balaban J connectivity index is 3.08. The van der Waals surface area contributed by atoms with Crippen LogP contribution in [0.2, 0.25) is 5.02 Å². The molecule has 0 aliphatic heterocycles. The van der Waals surface area contributed by atoms with Gasteiger partial charge in [-0.1, -0.05) is 11.6 Å². The average molecular weight is 268 g/mol. The maximum absolute atomic E-state index is 13.0. The first-order chi connectivity index (χ1) is 6.00. The Kier molecular flexibility index (Phi) is 3.11. The largest absolute Gasteiger partial charge is 0.410 e. The van der Waals surface area contributed by atoms with Crippen LogP contribution in [0.4, 0.5) is 9.18 Å². The summed E-state index contributed by atoms with van der Waals surface area (Å²) in [6.07, 6.45) is -1.08. The molecule has 0 heterocycles. The fourth-order valence-corrected chi connectivity index (χ4v) is 1.16. The van der Waals surface area contributed by atoms with Crippen LogP contribution in [-0.2, 0) is 0 Å². The molecule has 13 heavy (non-hydrogen) atoms. The molecular weight excluding hydrogens is 264 g/mol. The normalized spacial score (nSPS) is 9.77. The highest BCUT2D eigenvalue weighted by atomic mass is 79.9. The van der Waals surface area contributed by atoms with E-state index >= 15 is 0 Å². The van der Waals surface area contributed by atoms with Crippen LogP contribution >= 0.6 is 27.5 Å². The molecule has 0 fully saturated rings. The average Bonchev–Trinajstić information content (AvgIpc) is 1.99. The number of hydrogen-bond donors (Lipinski definition) is 1. The Bertz CT molecular complexity index is 359. The summed E-state index contributed by atoms with van der Waals surface area (Å²) >= 11 is 8.60. The van der Waals surface area contributed by atoms with Gasteiger partial charge in [0.25, 0.3) is 0 Å². The Morgan fingerprint density at radius 2 is 2.23 bits per heavy atom. The standard InChI is InChI=1S/C7H4BrClFNO2/c8-3-1-6(13-7(11)12)5(10)2-4(3)9/h1-2H,(H2,11,12). The van der Waals surface area contributed by atoms with E-state index in [4.69, 9.17) is 17.3 Å². The van der Waals surface area contributed by atoms with Crippen molar-refractivity contribution in [2.45, 2.75) is 0 Å². The van der Waals surface area contributed by atoms with E-state index in [0.717, 1.165) is 6.07 Å². The third-order valence-corrected chi connectivity index (χ3v) is 2.38. The molecule has 1 aromatic carbocycles. The molecule has 1 aromatic rings. The topological polar surface area (TPSA) is 52.3 Å². The van der Waals surface area contributed by atoms with Crippen LogP contribution in [0.1, 0.15) is 0 Å². The summed E-state index contributed by atoms with van der Waals surface area (Å²) < 4.78 is 17.7. The lowest BCUT2D eigenvalue weighted by Gasteiger charge is -2.03. The van der Waals surface area contributed by atoms with Gasteiger partial charge in [-0.25, -0.2) is 9.18 Å². The molecule has 3 nitrogen and oxygen atoms in total. The van der Waals surface area contributed by atoms with Gasteiger partial charge in [-0.3, -0.25) is 0 Å². The second-order valence-electron chi connectivity index (χ2n) is 2.12. The highest BCUT2D eigenvalue weighted by Crippen LogP contribution is 2.29. The lowest BCUT2D eigenvalue weighted by Crippen LogP contribution is -2.16. The summed E-state index contributed by atoms with van der Waals surface area (Å²) in [6.45, 7) is 0. The van der Waals surface area contributed by atoms with E-state index in [9.17, 15) is 9.18 Å². The van der Waals surface area contributed by atoms with Gasteiger partial charge in [0.15, 0.2) is 11.6 Å². The number of amides is 1. The van der Waals surface area contributed by atoms with Gasteiger partial charge < -0.3 is 10.5 Å². The molecule has 0 aromatic heterocycles. The summed E-state index contributed by atoms with van der Waals surface area (Å²) in [5, 5.41) is 0.189. The van der Waals surface area contributed by atoms with Crippen LogP contribution in [0.25, 0.3) is 0 Å². The van der Waals surface area contributed by atoms with Crippen molar-refractivity contribution in [2.75, 3.05) is 0 Å². The van der Waals surface area contributed by atoms with Crippen LogP contribution in [0.15, 0.2) is 16.6 Å². The Hall–Kier alpha value is -0.810. The molecule has 0 saturated carbocycles. The lowest BCUT2D eigenvalue weighted by molar-refractivity contribution is 0.208. The minimum atomic E-state index is -1.08. The van der Waals surface area contributed by atoms with E-state index in [0.29, 0.717) is 4.47 Å². The van der Waals surface area contributed by atoms with E-state index in [-0.39, 0.29) is 10.8 Å². The second kappa shape index (κ2) is 3.93. The molecule has 0 spiro atoms. The fourth-order valence-electron chi connectivity index (χ4n) is 0.691. The van der Waals surface area contributed by atoms with Gasteiger partial charge in [-0.05, 0) is 28.1 Å². The highest BCUT2D eigenvalue weighted by Gasteiger charge is 2.09. The number of halogens is 3. The summed E-state index contributed by atoms with van der Waals surface area (Å²) in [5.74, 6) is -1.00. The van der Waals surface area contributed by atoms with E-state index in [1.807, 2.05) is 0 Å². The molecule has 1 rings (SSSR count). The van der Waals surface area contributed by atoms with Crippen LogP contribution < -0.4 is 10.5 Å². The predicted octanol–water partition coefficient (Wildman–Crippen LogP) is 2.70. The van der Waals surface area contributed by atoms with Gasteiger partial charge in [0.2, 0.25) is 0 Å². The molecule has 0 radical (unpaired) electrons. The van der Waals surface area contributed by atoms with Crippen LogP contribution in [0, 0.1) is 5.82 Å². The van der Waals surface area contributed by atoms with Crippen LogP contribution in [-0.4, -0.2) is 6.09 Å². The number of primary amides is 1. The molecule has 0 atom stereocenters. The zero-order valence-electron chi connectivity index (χ0n) is 6.18. The van der Waals surface area contributed by atoms with Crippen molar-refractivity contribution in [1.29, 1.82) is 0 Å². The fraction of sp³-hybridized carbons (Fsp3) is 0. The van der Waals surface area contributed by atoms with Crippen molar-refractivity contribution in [1.82, 2.24) is 0 Å². The monoisotopic (exact) mass is 267 g/mol. The van der Waals surface area contributed by atoms with Crippen molar-refractivity contribution in [2.24, 2.45) is 5.73 Å². The first-order valence-electron chi connectivity index (χ1n) is 3.12. The Labute approximate surface area is 86.7 Å². The van der Waals surface area contributed by atoms with Crippen molar-refractivity contribution in [3.8, 4) is 5.75 Å². The summed E-state index contributed by atoms with van der Waals surface area (Å²) in [5.41, 5.74) is 4.71. The van der Waals surface area contributed by atoms with Crippen molar-refractivity contribution in [3.63, 3.8) is 0 Å². The number of hydrogen-bond acceptors (Lipinski definition) is 2. The van der Waals surface area contributed by atoms with Gasteiger partial charge in [0.1, 0.15) is 0 Å². The smallest absolute Gasteiger partial charge is 0.407 e. The van der Waals surface area contributed by atoms with E-state index in [2.05, 4.69) is 20.7 Å². The van der Waals surface area contributed by atoms with Crippen molar-refractivity contribution in [3.05, 3.63) is 27.4 Å². The van der Waals surface area contributed by atoms with E-state index in [1.54, 1.807) is 0 Å². The zero-order chi connectivity index (χ0) is 10.0. The molecule has 6 heteroatoms. The summed E-state index contributed by atoms with van der Waals surface area (Å²) in [6, 6.07) is 2.24. The van der Waals surface area contributed by atoms with Gasteiger partial charge in [0, 0.05) is 4.47 Å². The first-order valence-corrected chi connectivity index (χ1v) is 4.29. The van der Waals surface area contributed by atoms with Crippen molar-refractivity contribution >= 4 is 33.6 Å². The first kappa shape index (κ1) is 10.3. The molecule has 0 saturated heterocycles. The SMILES string of the molecule is NC(=O)Oc1cc(Br)c(Cl)cc1F. The summed E-state index contributed by atoms with van der Waals surface area (Å²) in [4.78, 5) is 10.3. The second-order valence-corrected chi connectivity index (χ2v) is 3.38. The van der Waals surface area contributed by atoms with Crippen molar-refractivity contribution < 1.29 is 13.9 Å². The van der Waals surface area contributed by atoms with Gasteiger partial charge in [-0.2, -0.15) is 0 Å².